The molecule has 0 bridgehead atoms. The Morgan fingerprint density at radius 1 is 1.47 bits per heavy atom. The summed E-state index contributed by atoms with van der Waals surface area (Å²) in [6, 6.07) is 6.08. The van der Waals surface area contributed by atoms with E-state index in [9.17, 15) is 4.79 Å². The predicted molar refractivity (Wildman–Crippen MR) is 75.6 cm³/mol. The van der Waals surface area contributed by atoms with Crippen LogP contribution in [0.5, 0.6) is 5.75 Å². The molecule has 0 radical (unpaired) electrons. The minimum atomic E-state index is -0.898. The van der Waals surface area contributed by atoms with Gasteiger partial charge < -0.3 is 15.2 Å². The Hall–Kier alpha value is -1.55. The van der Waals surface area contributed by atoms with E-state index in [1.807, 2.05) is 33.0 Å². The Bertz CT molecular complexity index is 455. The van der Waals surface area contributed by atoms with Crippen molar-refractivity contribution in [2.75, 3.05) is 13.7 Å². The van der Waals surface area contributed by atoms with Gasteiger partial charge in [-0.25, -0.2) is 0 Å². The first-order valence-corrected chi connectivity index (χ1v) is 6.42. The van der Waals surface area contributed by atoms with Crippen molar-refractivity contribution in [1.29, 1.82) is 0 Å². The predicted octanol–water partition coefficient (Wildman–Crippen LogP) is 2.77. The summed E-state index contributed by atoms with van der Waals surface area (Å²) >= 11 is 0. The summed E-state index contributed by atoms with van der Waals surface area (Å²) < 4.78 is 5.72. The molecule has 4 nitrogen and oxygen atoms in total. The highest BCUT2D eigenvalue weighted by Gasteiger charge is 2.28. The molecule has 1 rings (SSSR count). The van der Waals surface area contributed by atoms with Crippen molar-refractivity contribution >= 4 is 5.97 Å². The first-order valence-electron chi connectivity index (χ1n) is 6.42. The van der Waals surface area contributed by atoms with E-state index in [4.69, 9.17) is 9.84 Å². The summed E-state index contributed by atoms with van der Waals surface area (Å²) in [4.78, 5) is 11.1. The molecule has 0 spiro atoms. The van der Waals surface area contributed by atoms with Crippen LogP contribution >= 0.6 is 0 Å². The second-order valence-corrected chi connectivity index (χ2v) is 5.53. The lowest BCUT2D eigenvalue weighted by molar-refractivity contribution is -0.148. The lowest BCUT2D eigenvalue weighted by Crippen LogP contribution is -2.31. The van der Waals surface area contributed by atoms with Gasteiger partial charge in [0.2, 0.25) is 0 Å². The van der Waals surface area contributed by atoms with Crippen LogP contribution in [0.3, 0.4) is 0 Å². The Morgan fingerprint density at radius 3 is 2.63 bits per heavy atom. The minimum Gasteiger partial charge on any atom is -0.492 e. The van der Waals surface area contributed by atoms with Gasteiger partial charge in [0.15, 0.2) is 0 Å². The number of ether oxygens (including phenoxy) is 1. The number of carbonyl (C=O) groups is 1. The quantitative estimate of drug-likeness (QED) is 0.830. The van der Waals surface area contributed by atoms with Gasteiger partial charge >= 0.3 is 5.97 Å². The molecule has 0 saturated heterocycles. The van der Waals surface area contributed by atoms with Gasteiger partial charge in [0.05, 0.1) is 5.41 Å². The zero-order valence-electron chi connectivity index (χ0n) is 12.3. The van der Waals surface area contributed by atoms with E-state index in [0.717, 1.165) is 16.9 Å². The maximum atomic E-state index is 11.1. The molecule has 1 aromatic rings. The molecule has 1 atom stereocenters. The number of carboxylic acids is 1. The fourth-order valence-electron chi connectivity index (χ4n) is 1.61. The highest BCUT2D eigenvalue weighted by atomic mass is 16.5. The molecular formula is C15H23NO3. The number of carboxylic acid groups (broad SMARTS) is 1. The topological polar surface area (TPSA) is 58.6 Å². The summed E-state index contributed by atoms with van der Waals surface area (Å²) in [6.07, 6.45) is 0. The maximum absolute atomic E-state index is 11.1. The van der Waals surface area contributed by atoms with Crippen LogP contribution in [0, 0.1) is 12.3 Å². The van der Waals surface area contributed by atoms with Gasteiger partial charge in [0, 0.05) is 11.6 Å². The third-order valence-electron chi connectivity index (χ3n) is 3.23. The molecule has 0 saturated carbocycles. The van der Waals surface area contributed by atoms with Crippen LogP contribution in [-0.2, 0) is 4.79 Å². The van der Waals surface area contributed by atoms with Gasteiger partial charge in [0.1, 0.15) is 12.4 Å². The Labute approximate surface area is 114 Å². The molecular weight excluding hydrogens is 242 g/mol. The summed E-state index contributed by atoms with van der Waals surface area (Å²) in [5, 5.41) is 12.3. The summed E-state index contributed by atoms with van der Waals surface area (Å²) in [7, 11) is 1.89. The molecule has 0 amide bonds. The highest BCUT2D eigenvalue weighted by molar-refractivity contribution is 5.73. The molecule has 0 aromatic heterocycles. The molecule has 1 unspecified atom stereocenters. The second kappa shape index (κ2) is 6.06. The molecule has 0 aliphatic carbocycles. The van der Waals surface area contributed by atoms with Crippen LogP contribution in [0.2, 0.25) is 0 Å². The molecule has 1 aromatic carbocycles. The van der Waals surface area contributed by atoms with E-state index in [2.05, 4.69) is 11.4 Å². The van der Waals surface area contributed by atoms with E-state index < -0.39 is 11.4 Å². The number of rotatable bonds is 6. The largest absolute Gasteiger partial charge is 0.492 e. The molecule has 106 valence electrons. The number of benzene rings is 1. The Morgan fingerprint density at radius 2 is 2.11 bits per heavy atom. The van der Waals surface area contributed by atoms with E-state index >= 15 is 0 Å². The minimum absolute atomic E-state index is 0.148. The summed E-state index contributed by atoms with van der Waals surface area (Å²) in [5.41, 5.74) is 1.30. The van der Waals surface area contributed by atoms with Crippen molar-refractivity contribution < 1.29 is 14.6 Å². The van der Waals surface area contributed by atoms with E-state index in [-0.39, 0.29) is 12.6 Å². The van der Waals surface area contributed by atoms with Gasteiger partial charge in [-0.3, -0.25) is 4.79 Å². The van der Waals surface area contributed by atoms with Crippen molar-refractivity contribution in [2.45, 2.75) is 33.7 Å². The molecule has 19 heavy (non-hydrogen) atoms. The molecule has 0 aliphatic rings. The maximum Gasteiger partial charge on any atom is 0.312 e. The van der Waals surface area contributed by atoms with Crippen LogP contribution < -0.4 is 10.1 Å². The Kier molecular flexibility index (Phi) is 4.95. The molecule has 4 heteroatoms. The third kappa shape index (κ3) is 3.96. The van der Waals surface area contributed by atoms with Gasteiger partial charge in [-0.05, 0) is 40.8 Å². The third-order valence-corrected chi connectivity index (χ3v) is 3.23. The van der Waals surface area contributed by atoms with Crippen LogP contribution in [0.15, 0.2) is 18.2 Å². The SMILES string of the molecule is CNC(C)c1cc(C)ccc1OCC(C)(C)C(=O)O. The van der Waals surface area contributed by atoms with Gasteiger partial charge in [-0.15, -0.1) is 0 Å². The molecule has 2 N–H and O–H groups in total. The second-order valence-electron chi connectivity index (χ2n) is 5.53. The summed E-state index contributed by atoms with van der Waals surface area (Å²) in [6.45, 7) is 7.53. The zero-order chi connectivity index (χ0) is 14.6. The van der Waals surface area contributed by atoms with Crippen LogP contribution in [0.25, 0.3) is 0 Å². The number of hydrogen-bond acceptors (Lipinski definition) is 3. The van der Waals surface area contributed by atoms with Crippen molar-refractivity contribution in [2.24, 2.45) is 5.41 Å². The zero-order valence-corrected chi connectivity index (χ0v) is 12.3. The standard InChI is InChI=1S/C15H23NO3/c1-10-6-7-13(12(8-10)11(2)16-5)19-9-15(3,4)14(17)18/h6-8,11,16H,9H2,1-5H3,(H,17,18). The first kappa shape index (κ1) is 15.5. The fraction of sp³-hybridized carbons (Fsp3) is 0.533. The smallest absolute Gasteiger partial charge is 0.312 e. The lowest BCUT2D eigenvalue weighted by Gasteiger charge is -2.22. The number of aryl methyl sites for hydroxylation is 1. The van der Waals surface area contributed by atoms with E-state index in [0.29, 0.717) is 0 Å². The number of hydrogen-bond donors (Lipinski definition) is 2. The normalized spacial score (nSPS) is 13.1. The van der Waals surface area contributed by atoms with Gasteiger partial charge in [-0.1, -0.05) is 17.7 Å². The average Bonchev–Trinajstić information content (AvgIpc) is 2.36. The molecule has 0 fully saturated rings. The van der Waals surface area contributed by atoms with Crippen molar-refractivity contribution in [1.82, 2.24) is 5.32 Å². The number of aliphatic carboxylic acids is 1. The van der Waals surface area contributed by atoms with Crippen molar-refractivity contribution in [3.63, 3.8) is 0 Å². The fourth-order valence-corrected chi connectivity index (χ4v) is 1.61. The highest BCUT2D eigenvalue weighted by Crippen LogP contribution is 2.28. The van der Waals surface area contributed by atoms with E-state index in [1.165, 1.54) is 0 Å². The van der Waals surface area contributed by atoms with Crippen molar-refractivity contribution in [3.8, 4) is 5.75 Å². The van der Waals surface area contributed by atoms with E-state index in [1.54, 1.807) is 13.8 Å². The first-order chi connectivity index (χ1) is 8.77. The summed E-state index contributed by atoms with van der Waals surface area (Å²) in [5.74, 6) is -0.121. The number of nitrogens with one attached hydrogen (secondary N) is 1. The van der Waals surface area contributed by atoms with Crippen LogP contribution in [0.4, 0.5) is 0 Å². The van der Waals surface area contributed by atoms with Crippen LogP contribution in [0.1, 0.15) is 37.9 Å². The average molecular weight is 265 g/mol. The van der Waals surface area contributed by atoms with Crippen LogP contribution in [-0.4, -0.2) is 24.7 Å². The van der Waals surface area contributed by atoms with Gasteiger partial charge in [0.25, 0.3) is 0 Å². The lowest BCUT2D eigenvalue weighted by atomic mass is 9.95. The Balaban J connectivity index is 2.92. The van der Waals surface area contributed by atoms with Gasteiger partial charge in [-0.2, -0.15) is 0 Å². The molecule has 0 aliphatic heterocycles. The monoisotopic (exact) mass is 265 g/mol. The molecule has 0 heterocycles. The van der Waals surface area contributed by atoms with Crippen molar-refractivity contribution in [3.05, 3.63) is 29.3 Å².